The largest absolute Gasteiger partial charge is 0.381 e. The molecule has 2 aromatic heterocycles. The Morgan fingerprint density at radius 1 is 1.04 bits per heavy atom. The number of fused-ring (bicyclic) bond motifs is 3. The van der Waals surface area contributed by atoms with Crippen molar-refractivity contribution in [3.63, 3.8) is 0 Å². The van der Waals surface area contributed by atoms with Gasteiger partial charge in [-0.3, -0.25) is 4.98 Å². The van der Waals surface area contributed by atoms with Crippen LogP contribution >= 0.6 is 0 Å². The van der Waals surface area contributed by atoms with E-state index in [2.05, 4.69) is 57.6 Å². The van der Waals surface area contributed by atoms with Crippen molar-refractivity contribution in [2.45, 2.75) is 43.8 Å². The Hall–Kier alpha value is -2.33. The molecule has 2 bridgehead atoms. The van der Waals surface area contributed by atoms with E-state index in [1.54, 1.807) is 0 Å². The first-order valence-corrected chi connectivity index (χ1v) is 9.27. The average molecular weight is 332 g/mol. The van der Waals surface area contributed by atoms with Crippen LogP contribution in [0.5, 0.6) is 0 Å². The molecule has 0 radical (unpaired) electrons. The van der Waals surface area contributed by atoms with E-state index in [1.165, 1.54) is 47.7 Å². The van der Waals surface area contributed by atoms with Gasteiger partial charge in [-0.1, -0.05) is 6.07 Å². The van der Waals surface area contributed by atoms with E-state index < -0.39 is 0 Å². The highest BCUT2D eigenvalue weighted by Crippen LogP contribution is 2.35. The minimum atomic E-state index is 0.568. The summed E-state index contributed by atoms with van der Waals surface area (Å²) < 4.78 is 0. The molecule has 4 nitrogen and oxygen atoms in total. The Labute approximate surface area is 148 Å². The fraction of sp³-hybridized carbons (Fsp3) is 0.381. The van der Waals surface area contributed by atoms with Gasteiger partial charge in [0.25, 0.3) is 0 Å². The third-order valence-corrected chi connectivity index (χ3v) is 6.09. The highest BCUT2D eigenvalue weighted by atomic mass is 15.2. The minimum Gasteiger partial charge on any atom is -0.381 e. The van der Waals surface area contributed by atoms with Crippen LogP contribution in [0.15, 0.2) is 48.9 Å². The highest BCUT2D eigenvalue weighted by molar-refractivity contribution is 5.85. The van der Waals surface area contributed by atoms with Gasteiger partial charge in [-0.05, 0) is 67.9 Å². The van der Waals surface area contributed by atoms with E-state index in [1.807, 2.05) is 18.6 Å². The van der Waals surface area contributed by atoms with Crippen LogP contribution in [0.1, 0.15) is 25.7 Å². The summed E-state index contributed by atoms with van der Waals surface area (Å²) >= 11 is 0. The molecule has 128 valence electrons. The summed E-state index contributed by atoms with van der Waals surface area (Å²) in [5.41, 5.74) is 4.70. The predicted octanol–water partition coefficient (Wildman–Crippen LogP) is 4.27. The zero-order valence-corrected chi connectivity index (χ0v) is 14.6. The molecule has 25 heavy (non-hydrogen) atoms. The van der Waals surface area contributed by atoms with Gasteiger partial charge in [-0.15, -0.1) is 0 Å². The summed E-state index contributed by atoms with van der Waals surface area (Å²) in [7, 11) is 2.29. The molecule has 2 N–H and O–H groups in total. The lowest BCUT2D eigenvalue weighted by molar-refractivity contribution is 0.169. The molecule has 2 atom stereocenters. The summed E-state index contributed by atoms with van der Waals surface area (Å²) in [6, 6.07) is 12.9. The first kappa shape index (κ1) is 15.0. The van der Waals surface area contributed by atoms with Crippen molar-refractivity contribution in [3.05, 3.63) is 48.9 Å². The molecular weight excluding hydrogens is 308 g/mol. The average Bonchev–Trinajstić information content (AvgIpc) is 3.16. The van der Waals surface area contributed by atoms with E-state index in [9.17, 15) is 0 Å². The Morgan fingerprint density at radius 3 is 2.72 bits per heavy atom. The maximum absolute atomic E-state index is 4.48. The molecule has 0 spiro atoms. The van der Waals surface area contributed by atoms with Gasteiger partial charge < -0.3 is 15.2 Å². The fourth-order valence-corrected chi connectivity index (χ4v) is 4.67. The Morgan fingerprint density at radius 2 is 1.88 bits per heavy atom. The number of piperidine rings is 1. The second kappa shape index (κ2) is 5.88. The second-order valence-corrected chi connectivity index (χ2v) is 7.61. The highest BCUT2D eigenvalue weighted by Gasteiger charge is 2.38. The molecule has 5 rings (SSSR count). The van der Waals surface area contributed by atoms with E-state index >= 15 is 0 Å². The standard InChI is InChI=1S/C21H24N4/c1-25-19-3-4-20(25)11-17(10-19)24-18-9-16(12-22-13-18)14-2-5-21-15(8-14)6-7-23-21/h2,5-9,12-13,17,19-20,23-24H,3-4,10-11H2,1H3. The van der Waals surface area contributed by atoms with Gasteiger partial charge >= 0.3 is 0 Å². The lowest BCUT2D eigenvalue weighted by Crippen LogP contribution is -2.44. The van der Waals surface area contributed by atoms with Crippen LogP contribution in [-0.4, -0.2) is 40.0 Å². The van der Waals surface area contributed by atoms with Crippen molar-refractivity contribution in [1.82, 2.24) is 14.9 Å². The van der Waals surface area contributed by atoms with Gasteiger partial charge in [0.1, 0.15) is 0 Å². The lowest BCUT2D eigenvalue weighted by atomic mass is 9.97. The molecular formula is C21H24N4. The third kappa shape index (κ3) is 2.71. The van der Waals surface area contributed by atoms with Crippen LogP contribution in [0.2, 0.25) is 0 Å². The molecule has 0 aliphatic carbocycles. The lowest BCUT2D eigenvalue weighted by Gasteiger charge is -2.37. The first-order valence-electron chi connectivity index (χ1n) is 9.27. The fourth-order valence-electron chi connectivity index (χ4n) is 4.67. The second-order valence-electron chi connectivity index (χ2n) is 7.61. The quantitative estimate of drug-likeness (QED) is 0.753. The van der Waals surface area contributed by atoms with E-state index in [0.717, 1.165) is 17.8 Å². The summed E-state index contributed by atoms with van der Waals surface area (Å²) in [4.78, 5) is 10.3. The third-order valence-electron chi connectivity index (χ3n) is 6.09. The molecule has 4 heteroatoms. The van der Waals surface area contributed by atoms with Crippen LogP contribution < -0.4 is 5.32 Å². The molecule has 4 heterocycles. The van der Waals surface area contributed by atoms with Crippen molar-refractivity contribution in [1.29, 1.82) is 0 Å². The smallest absolute Gasteiger partial charge is 0.0535 e. The van der Waals surface area contributed by atoms with Crippen LogP contribution in [0, 0.1) is 0 Å². The van der Waals surface area contributed by atoms with E-state index in [-0.39, 0.29) is 0 Å². The summed E-state index contributed by atoms with van der Waals surface area (Å²) in [5, 5.41) is 4.99. The molecule has 2 unspecified atom stereocenters. The van der Waals surface area contributed by atoms with Crippen LogP contribution in [0.4, 0.5) is 5.69 Å². The van der Waals surface area contributed by atoms with Crippen LogP contribution in [0.3, 0.4) is 0 Å². The number of nitrogens with zero attached hydrogens (tertiary/aromatic N) is 2. The monoisotopic (exact) mass is 332 g/mol. The minimum absolute atomic E-state index is 0.568. The number of nitrogens with one attached hydrogen (secondary N) is 2. The van der Waals surface area contributed by atoms with E-state index in [0.29, 0.717) is 6.04 Å². The zero-order valence-electron chi connectivity index (χ0n) is 14.6. The van der Waals surface area contributed by atoms with Crippen LogP contribution in [0.25, 0.3) is 22.0 Å². The number of aromatic nitrogens is 2. The van der Waals surface area contributed by atoms with E-state index in [4.69, 9.17) is 0 Å². The Bertz CT molecular complexity index is 886. The number of H-pyrrole nitrogens is 1. The number of hydrogen-bond acceptors (Lipinski definition) is 3. The number of anilines is 1. The van der Waals surface area contributed by atoms with Crippen molar-refractivity contribution in [2.75, 3.05) is 12.4 Å². The Kier molecular flexibility index (Phi) is 3.52. The topological polar surface area (TPSA) is 44.0 Å². The number of benzene rings is 1. The first-order chi connectivity index (χ1) is 12.3. The Balaban J connectivity index is 1.38. The molecule has 2 saturated heterocycles. The number of hydrogen-bond donors (Lipinski definition) is 2. The van der Waals surface area contributed by atoms with Gasteiger partial charge in [0, 0.05) is 47.8 Å². The number of rotatable bonds is 3. The molecule has 2 fully saturated rings. The van der Waals surface area contributed by atoms with Crippen molar-refractivity contribution in [2.24, 2.45) is 0 Å². The molecule has 3 aromatic rings. The molecule has 0 saturated carbocycles. The van der Waals surface area contributed by atoms with Gasteiger partial charge in [-0.25, -0.2) is 0 Å². The number of pyridine rings is 1. The molecule has 0 amide bonds. The van der Waals surface area contributed by atoms with Crippen molar-refractivity contribution in [3.8, 4) is 11.1 Å². The van der Waals surface area contributed by atoms with Crippen molar-refractivity contribution < 1.29 is 0 Å². The summed E-state index contributed by atoms with van der Waals surface area (Å²) in [6.07, 6.45) is 11.1. The normalized spacial score (nSPS) is 26.2. The van der Waals surface area contributed by atoms with Gasteiger partial charge in [0.2, 0.25) is 0 Å². The maximum Gasteiger partial charge on any atom is 0.0535 e. The predicted molar refractivity (Wildman–Crippen MR) is 103 cm³/mol. The maximum atomic E-state index is 4.48. The molecule has 2 aliphatic rings. The molecule has 2 aliphatic heterocycles. The zero-order chi connectivity index (χ0) is 16.8. The number of aromatic amines is 1. The summed E-state index contributed by atoms with van der Waals surface area (Å²) in [5.74, 6) is 0. The van der Waals surface area contributed by atoms with Gasteiger partial charge in [-0.2, -0.15) is 0 Å². The van der Waals surface area contributed by atoms with Gasteiger partial charge in [0.05, 0.1) is 5.69 Å². The van der Waals surface area contributed by atoms with Crippen molar-refractivity contribution >= 4 is 16.6 Å². The SMILES string of the molecule is CN1C2CCC1CC(Nc1cncc(-c3ccc4[nH]ccc4c3)c1)C2. The van der Waals surface area contributed by atoms with Crippen LogP contribution in [-0.2, 0) is 0 Å². The molecule has 1 aromatic carbocycles. The summed E-state index contributed by atoms with van der Waals surface area (Å²) in [6.45, 7) is 0. The van der Waals surface area contributed by atoms with Gasteiger partial charge in [0.15, 0.2) is 0 Å².